The molecule has 0 aromatic heterocycles. The summed E-state index contributed by atoms with van der Waals surface area (Å²) in [7, 11) is -2.14. The average molecular weight is 629 g/mol. The second kappa shape index (κ2) is 13.2. The van der Waals surface area contributed by atoms with E-state index in [0.29, 0.717) is 28.7 Å². The van der Waals surface area contributed by atoms with Crippen molar-refractivity contribution in [1.82, 2.24) is 0 Å². The Morgan fingerprint density at radius 3 is 1.41 bits per heavy atom. The first kappa shape index (κ1) is 30.5. The lowest BCUT2D eigenvalue weighted by Crippen LogP contribution is -2.01. The molecule has 0 bridgehead atoms. The fraction of sp³-hybridized carbons (Fsp3) is 0.0769. The Morgan fingerprint density at radius 1 is 0.435 bits per heavy atom. The van der Waals surface area contributed by atoms with E-state index in [4.69, 9.17) is 18.9 Å². The number of hydrogen-bond donors (Lipinski definition) is 0. The molecule has 0 aliphatic rings. The minimum atomic E-state index is -3.67. The lowest BCUT2D eigenvalue weighted by atomic mass is 10.1. The number of sulfone groups is 1. The van der Waals surface area contributed by atoms with E-state index in [2.05, 4.69) is 0 Å². The molecule has 0 aliphatic carbocycles. The lowest BCUT2D eigenvalue weighted by Gasteiger charge is -2.13. The number of ether oxygens (including phenoxy) is 4. The normalized spacial score (nSPS) is 11.1. The van der Waals surface area contributed by atoms with Crippen molar-refractivity contribution in [3.63, 3.8) is 0 Å². The molecular formula is C39H32O6S. The van der Waals surface area contributed by atoms with E-state index in [0.717, 1.165) is 33.8 Å². The number of hydrogen-bond acceptors (Lipinski definition) is 6. The fourth-order valence-corrected chi connectivity index (χ4v) is 6.08. The molecule has 6 aromatic carbocycles. The van der Waals surface area contributed by atoms with Crippen LogP contribution in [0.25, 0.3) is 11.1 Å². The topological polar surface area (TPSA) is 71.1 Å². The van der Waals surface area contributed by atoms with Gasteiger partial charge in [0.15, 0.2) is 0 Å². The van der Waals surface area contributed by atoms with Crippen LogP contribution in [0.2, 0.25) is 0 Å². The number of methoxy groups -OCH3 is 1. The quantitative estimate of drug-likeness (QED) is 0.150. The zero-order chi connectivity index (χ0) is 32.1. The maximum absolute atomic E-state index is 13.0. The van der Waals surface area contributed by atoms with E-state index in [9.17, 15) is 8.42 Å². The summed E-state index contributed by atoms with van der Waals surface area (Å²) in [6.45, 7) is 3.99. The van der Waals surface area contributed by atoms with Gasteiger partial charge in [-0.3, -0.25) is 0 Å². The monoisotopic (exact) mass is 628 g/mol. The highest BCUT2D eigenvalue weighted by molar-refractivity contribution is 7.91. The van der Waals surface area contributed by atoms with Crippen molar-refractivity contribution in [2.45, 2.75) is 23.6 Å². The Balaban J connectivity index is 1.11. The first-order valence-electron chi connectivity index (χ1n) is 14.7. The Morgan fingerprint density at radius 2 is 0.870 bits per heavy atom. The average Bonchev–Trinajstić information content (AvgIpc) is 3.08. The van der Waals surface area contributed by atoms with E-state index in [1.807, 2.05) is 105 Å². The molecule has 6 nitrogen and oxygen atoms in total. The van der Waals surface area contributed by atoms with Crippen molar-refractivity contribution in [1.29, 1.82) is 0 Å². The molecule has 0 saturated carbocycles. The summed E-state index contributed by atoms with van der Waals surface area (Å²) >= 11 is 0. The highest BCUT2D eigenvalue weighted by atomic mass is 32.2. The van der Waals surface area contributed by atoms with Crippen LogP contribution in [-0.2, 0) is 9.84 Å². The van der Waals surface area contributed by atoms with E-state index in [1.54, 1.807) is 24.3 Å². The summed E-state index contributed by atoms with van der Waals surface area (Å²) in [6, 6.07) is 42.1. The van der Waals surface area contributed by atoms with Crippen LogP contribution in [0.3, 0.4) is 0 Å². The Hall–Kier alpha value is -5.53. The third-order valence-electron chi connectivity index (χ3n) is 7.49. The molecule has 0 atom stereocenters. The van der Waals surface area contributed by atoms with Gasteiger partial charge in [-0.05, 0) is 121 Å². The Bertz CT molecular complexity index is 2050. The van der Waals surface area contributed by atoms with Crippen molar-refractivity contribution in [2.24, 2.45) is 0 Å². The van der Waals surface area contributed by atoms with Crippen molar-refractivity contribution < 1.29 is 27.4 Å². The third-order valence-corrected chi connectivity index (χ3v) is 9.28. The van der Waals surface area contributed by atoms with E-state index >= 15 is 0 Å². The molecule has 46 heavy (non-hydrogen) atoms. The molecular weight excluding hydrogens is 596 g/mol. The Labute approximate surface area is 269 Å². The van der Waals surface area contributed by atoms with Crippen LogP contribution >= 0.6 is 0 Å². The van der Waals surface area contributed by atoms with Crippen LogP contribution in [0.4, 0.5) is 0 Å². The van der Waals surface area contributed by atoms with Gasteiger partial charge in [0.25, 0.3) is 0 Å². The molecule has 0 unspecified atom stereocenters. The summed E-state index contributed by atoms with van der Waals surface area (Å²) in [6.07, 6.45) is 0. The largest absolute Gasteiger partial charge is 0.497 e. The lowest BCUT2D eigenvalue weighted by molar-refractivity contribution is 0.414. The second-order valence-electron chi connectivity index (χ2n) is 10.7. The van der Waals surface area contributed by atoms with Crippen molar-refractivity contribution in [3.8, 4) is 51.4 Å². The van der Waals surface area contributed by atoms with E-state index in [1.165, 1.54) is 31.4 Å². The molecule has 0 fully saturated rings. The molecule has 6 rings (SSSR count). The number of benzene rings is 6. The van der Waals surface area contributed by atoms with Gasteiger partial charge in [-0.2, -0.15) is 0 Å². The molecule has 0 amide bonds. The SMILES string of the molecule is COc1ccc(S(=O)(=O)c2ccc(Oc3ccc(C)c(Oc4ccc(-c5ccc(Oc6ccccc6C)cc5)cc4)c3)cc2)cc1. The molecule has 0 radical (unpaired) electrons. The molecule has 0 spiro atoms. The number of para-hydroxylation sites is 1. The van der Waals surface area contributed by atoms with Crippen molar-refractivity contribution in [3.05, 3.63) is 151 Å². The minimum Gasteiger partial charge on any atom is -0.497 e. The van der Waals surface area contributed by atoms with Gasteiger partial charge in [0, 0.05) is 6.07 Å². The standard InChI is InChI=1S/C39H32O6S/c1-27-6-4-5-7-38(27)44-33-14-9-29(10-15-33)30-11-16-34(17-12-30)45-39-26-35(13-8-28(39)2)43-32-20-24-37(25-21-32)46(40,41)36-22-18-31(42-3)19-23-36/h4-26H,1-3H3. The predicted molar refractivity (Wildman–Crippen MR) is 179 cm³/mol. The van der Waals surface area contributed by atoms with Crippen molar-refractivity contribution >= 4 is 9.84 Å². The molecule has 6 aromatic rings. The molecule has 0 N–H and O–H groups in total. The van der Waals surface area contributed by atoms with E-state index in [-0.39, 0.29) is 9.79 Å². The first-order chi connectivity index (χ1) is 22.3. The summed E-state index contributed by atoms with van der Waals surface area (Å²) in [5, 5.41) is 0. The van der Waals surface area contributed by atoms with Crippen LogP contribution in [0.15, 0.2) is 149 Å². The summed E-state index contributed by atoms with van der Waals surface area (Å²) < 4.78 is 49.5. The van der Waals surface area contributed by atoms with Crippen LogP contribution in [0.5, 0.6) is 40.2 Å². The maximum Gasteiger partial charge on any atom is 0.206 e. The summed E-state index contributed by atoms with van der Waals surface area (Å²) in [5.41, 5.74) is 4.16. The van der Waals surface area contributed by atoms with Gasteiger partial charge in [0.05, 0.1) is 16.9 Å². The van der Waals surface area contributed by atoms with Gasteiger partial charge >= 0.3 is 0 Å². The molecule has 230 valence electrons. The zero-order valence-electron chi connectivity index (χ0n) is 25.6. The van der Waals surface area contributed by atoms with Gasteiger partial charge in [0.1, 0.15) is 40.2 Å². The zero-order valence-corrected chi connectivity index (χ0v) is 26.5. The molecule has 7 heteroatoms. The predicted octanol–water partition coefficient (Wildman–Crippen LogP) is 10.2. The highest BCUT2D eigenvalue weighted by Gasteiger charge is 2.18. The minimum absolute atomic E-state index is 0.174. The second-order valence-corrected chi connectivity index (χ2v) is 12.6. The summed E-state index contributed by atoms with van der Waals surface area (Å²) in [4.78, 5) is 0.365. The molecule has 0 saturated heterocycles. The fourth-order valence-electron chi connectivity index (χ4n) is 4.82. The van der Waals surface area contributed by atoms with Gasteiger partial charge in [-0.25, -0.2) is 8.42 Å². The third kappa shape index (κ3) is 6.90. The van der Waals surface area contributed by atoms with Crippen LogP contribution in [-0.4, -0.2) is 15.5 Å². The van der Waals surface area contributed by atoms with Gasteiger partial charge < -0.3 is 18.9 Å². The van der Waals surface area contributed by atoms with Gasteiger partial charge in [0.2, 0.25) is 9.84 Å². The van der Waals surface area contributed by atoms with Gasteiger partial charge in [-0.15, -0.1) is 0 Å². The highest BCUT2D eigenvalue weighted by Crippen LogP contribution is 2.34. The van der Waals surface area contributed by atoms with Gasteiger partial charge in [-0.1, -0.05) is 48.5 Å². The molecule has 0 heterocycles. The Kier molecular flexibility index (Phi) is 8.76. The van der Waals surface area contributed by atoms with Crippen molar-refractivity contribution in [2.75, 3.05) is 7.11 Å². The first-order valence-corrected chi connectivity index (χ1v) is 16.2. The summed E-state index contributed by atoms with van der Waals surface area (Å²) in [5.74, 6) is 4.63. The maximum atomic E-state index is 13.0. The molecule has 0 aliphatic heterocycles. The number of aryl methyl sites for hydroxylation is 2. The van der Waals surface area contributed by atoms with E-state index < -0.39 is 9.84 Å². The number of rotatable bonds is 10. The smallest absolute Gasteiger partial charge is 0.206 e. The van der Waals surface area contributed by atoms with Crippen LogP contribution in [0, 0.1) is 13.8 Å². The van der Waals surface area contributed by atoms with Crippen LogP contribution < -0.4 is 18.9 Å². The van der Waals surface area contributed by atoms with Crippen LogP contribution in [0.1, 0.15) is 11.1 Å².